The molecule has 0 N–H and O–H groups in total. The molecule has 7 heteroatoms. The second-order valence-electron chi connectivity index (χ2n) is 6.57. The summed E-state index contributed by atoms with van der Waals surface area (Å²) in [5, 5.41) is 0. The van der Waals surface area contributed by atoms with Gasteiger partial charge in [0.2, 0.25) is 0 Å². The Morgan fingerprint density at radius 2 is 1.67 bits per heavy atom. The van der Waals surface area contributed by atoms with Gasteiger partial charge in [0.25, 0.3) is 5.91 Å². The van der Waals surface area contributed by atoms with Gasteiger partial charge in [-0.1, -0.05) is 30.3 Å². The molecule has 1 saturated heterocycles. The third-order valence-corrected chi connectivity index (χ3v) is 6.41. The van der Waals surface area contributed by atoms with Crippen molar-refractivity contribution in [1.29, 1.82) is 0 Å². The van der Waals surface area contributed by atoms with Crippen LogP contribution < -0.4 is 4.74 Å². The summed E-state index contributed by atoms with van der Waals surface area (Å²) in [5.74, 6) is 0.237. The van der Waals surface area contributed by atoms with Gasteiger partial charge in [0.1, 0.15) is 5.75 Å². The number of sulfone groups is 1. The third-order valence-electron chi connectivity index (χ3n) is 4.66. The van der Waals surface area contributed by atoms with Crippen LogP contribution in [-0.4, -0.2) is 56.2 Å². The molecule has 0 radical (unpaired) electrons. The van der Waals surface area contributed by atoms with Gasteiger partial charge >= 0.3 is 0 Å². The summed E-state index contributed by atoms with van der Waals surface area (Å²) in [5.41, 5.74) is 1.14. The lowest BCUT2D eigenvalue weighted by atomic mass is 10.0. The molecule has 0 spiro atoms. The highest BCUT2D eigenvalue weighted by atomic mass is 32.2. The maximum atomic E-state index is 12.4. The van der Waals surface area contributed by atoms with Crippen LogP contribution in [0.4, 0.5) is 0 Å². The molecule has 1 heterocycles. The number of benzene rings is 2. The molecular formula is C20H21NO5S. The zero-order chi connectivity index (χ0) is 19.4. The Labute approximate surface area is 158 Å². The van der Waals surface area contributed by atoms with Crippen molar-refractivity contribution < 1.29 is 22.7 Å². The molecule has 0 saturated carbocycles. The second kappa shape index (κ2) is 7.92. The number of likely N-dealkylation sites (N-methyl/N-ethyl adjacent to an activating group) is 1. The molecule has 0 aromatic heterocycles. The largest absolute Gasteiger partial charge is 0.484 e. The number of nitrogens with zero attached hydrogens (tertiary/aromatic N) is 1. The van der Waals surface area contributed by atoms with Crippen LogP contribution in [0.5, 0.6) is 5.75 Å². The molecule has 27 heavy (non-hydrogen) atoms. The van der Waals surface area contributed by atoms with Crippen LogP contribution in [0, 0.1) is 0 Å². The fourth-order valence-electron chi connectivity index (χ4n) is 2.99. The molecule has 1 amide bonds. The minimum Gasteiger partial charge on any atom is -0.484 e. The van der Waals surface area contributed by atoms with Crippen molar-refractivity contribution in [2.45, 2.75) is 12.5 Å². The summed E-state index contributed by atoms with van der Waals surface area (Å²) >= 11 is 0. The van der Waals surface area contributed by atoms with E-state index in [-0.39, 0.29) is 35.8 Å². The van der Waals surface area contributed by atoms with E-state index in [4.69, 9.17) is 4.74 Å². The number of hydrogen-bond donors (Lipinski definition) is 0. The first kappa shape index (κ1) is 19.1. The summed E-state index contributed by atoms with van der Waals surface area (Å²) < 4.78 is 28.6. The Morgan fingerprint density at radius 1 is 1.04 bits per heavy atom. The fourth-order valence-corrected chi connectivity index (χ4v) is 4.76. The van der Waals surface area contributed by atoms with Crippen LogP contribution in [0.15, 0.2) is 54.6 Å². The van der Waals surface area contributed by atoms with E-state index in [2.05, 4.69) is 0 Å². The van der Waals surface area contributed by atoms with Gasteiger partial charge in [0, 0.05) is 24.2 Å². The van der Waals surface area contributed by atoms with Crippen molar-refractivity contribution in [3.63, 3.8) is 0 Å². The minimum absolute atomic E-state index is 0.00549. The first-order valence-electron chi connectivity index (χ1n) is 8.64. The Kier molecular flexibility index (Phi) is 5.60. The van der Waals surface area contributed by atoms with E-state index in [1.807, 2.05) is 18.2 Å². The van der Waals surface area contributed by atoms with E-state index < -0.39 is 9.84 Å². The highest BCUT2D eigenvalue weighted by Gasteiger charge is 2.32. The van der Waals surface area contributed by atoms with Gasteiger partial charge in [-0.2, -0.15) is 0 Å². The maximum Gasteiger partial charge on any atom is 0.260 e. The molecule has 1 atom stereocenters. The van der Waals surface area contributed by atoms with Crippen LogP contribution in [0.3, 0.4) is 0 Å². The SMILES string of the molecule is CN(C(=O)COc1ccc(C(=O)c2ccccc2)cc1)[C@H]1CCS(=O)(=O)C1. The summed E-state index contributed by atoms with van der Waals surface area (Å²) in [4.78, 5) is 26.0. The summed E-state index contributed by atoms with van der Waals surface area (Å²) in [7, 11) is -1.45. The molecule has 0 aliphatic carbocycles. The van der Waals surface area contributed by atoms with Gasteiger partial charge in [-0.15, -0.1) is 0 Å². The van der Waals surface area contributed by atoms with Crippen molar-refractivity contribution in [2.24, 2.45) is 0 Å². The first-order valence-corrected chi connectivity index (χ1v) is 10.5. The second-order valence-corrected chi connectivity index (χ2v) is 8.80. The molecule has 3 rings (SSSR count). The number of amides is 1. The van der Waals surface area contributed by atoms with Gasteiger partial charge in [0.15, 0.2) is 22.2 Å². The average molecular weight is 387 g/mol. The first-order chi connectivity index (χ1) is 12.9. The lowest BCUT2D eigenvalue weighted by Gasteiger charge is -2.23. The van der Waals surface area contributed by atoms with E-state index in [9.17, 15) is 18.0 Å². The Hall–Kier alpha value is -2.67. The van der Waals surface area contributed by atoms with E-state index in [1.54, 1.807) is 43.4 Å². The molecular weight excluding hydrogens is 366 g/mol. The molecule has 1 aliphatic heterocycles. The average Bonchev–Trinajstić information content (AvgIpc) is 3.05. The van der Waals surface area contributed by atoms with E-state index in [0.717, 1.165) is 0 Å². The predicted molar refractivity (Wildman–Crippen MR) is 102 cm³/mol. The summed E-state index contributed by atoms with van der Waals surface area (Å²) in [6.07, 6.45) is 0.459. The fraction of sp³-hybridized carbons (Fsp3) is 0.300. The molecule has 6 nitrogen and oxygen atoms in total. The van der Waals surface area contributed by atoms with Crippen molar-refractivity contribution in [3.05, 3.63) is 65.7 Å². The highest BCUT2D eigenvalue weighted by Crippen LogP contribution is 2.18. The van der Waals surface area contributed by atoms with Crippen LogP contribution in [0.2, 0.25) is 0 Å². The number of ether oxygens (including phenoxy) is 1. The van der Waals surface area contributed by atoms with Gasteiger partial charge in [-0.3, -0.25) is 9.59 Å². The van der Waals surface area contributed by atoms with Crippen molar-refractivity contribution in [1.82, 2.24) is 4.90 Å². The standard InChI is InChI=1S/C20H21NO5S/c1-21(17-11-12-27(24,25)14-17)19(22)13-26-18-9-7-16(8-10-18)20(23)15-5-3-2-4-6-15/h2-10,17H,11-14H2,1H3/t17-/m0/s1. The van der Waals surface area contributed by atoms with Gasteiger partial charge in [0.05, 0.1) is 11.5 Å². The van der Waals surface area contributed by atoms with Crippen LogP contribution in [0.1, 0.15) is 22.3 Å². The van der Waals surface area contributed by atoms with Gasteiger partial charge in [-0.05, 0) is 30.7 Å². The molecule has 2 aromatic carbocycles. The number of hydrogen-bond acceptors (Lipinski definition) is 5. The summed E-state index contributed by atoms with van der Waals surface area (Å²) in [6.45, 7) is -0.182. The Bertz CT molecular complexity index is 923. The smallest absolute Gasteiger partial charge is 0.260 e. The number of carbonyl (C=O) groups excluding carboxylic acids is 2. The van der Waals surface area contributed by atoms with E-state index >= 15 is 0 Å². The van der Waals surface area contributed by atoms with Crippen molar-refractivity contribution in [2.75, 3.05) is 25.2 Å². The van der Waals surface area contributed by atoms with Gasteiger partial charge < -0.3 is 9.64 Å². The quantitative estimate of drug-likeness (QED) is 0.708. The lowest BCUT2D eigenvalue weighted by Crippen LogP contribution is -2.40. The normalized spacial score (nSPS) is 18.0. The van der Waals surface area contributed by atoms with Crippen LogP contribution >= 0.6 is 0 Å². The minimum atomic E-state index is -3.04. The molecule has 2 aromatic rings. The monoisotopic (exact) mass is 387 g/mol. The van der Waals surface area contributed by atoms with E-state index in [1.165, 1.54) is 4.90 Å². The molecule has 1 aliphatic rings. The zero-order valence-electron chi connectivity index (χ0n) is 15.0. The number of carbonyl (C=O) groups is 2. The number of rotatable bonds is 6. The van der Waals surface area contributed by atoms with E-state index in [0.29, 0.717) is 23.3 Å². The lowest BCUT2D eigenvalue weighted by molar-refractivity contribution is -0.133. The third kappa shape index (κ3) is 4.74. The van der Waals surface area contributed by atoms with Crippen molar-refractivity contribution in [3.8, 4) is 5.75 Å². The Morgan fingerprint density at radius 3 is 2.26 bits per heavy atom. The highest BCUT2D eigenvalue weighted by molar-refractivity contribution is 7.91. The van der Waals surface area contributed by atoms with Crippen LogP contribution in [-0.2, 0) is 14.6 Å². The summed E-state index contributed by atoms with van der Waals surface area (Å²) in [6, 6.07) is 15.3. The maximum absolute atomic E-state index is 12.4. The zero-order valence-corrected chi connectivity index (χ0v) is 15.8. The van der Waals surface area contributed by atoms with Crippen molar-refractivity contribution >= 4 is 21.5 Å². The Balaban J connectivity index is 1.56. The molecule has 142 valence electrons. The topological polar surface area (TPSA) is 80.8 Å². The molecule has 1 fully saturated rings. The number of ketones is 1. The molecule has 0 unspecified atom stereocenters. The molecule has 0 bridgehead atoms. The van der Waals surface area contributed by atoms with Crippen LogP contribution in [0.25, 0.3) is 0 Å². The predicted octanol–water partition coefficient (Wildman–Crippen LogP) is 1.94. The van der Waals surface area contributed by atoms with Gasteiger partial charge in [-0.25, -0.2) is 8.42 Å².